The summed E-state index contributed by atoms with van der Waals surface area (Å²) in [4.78, 5) is 0. The van der Waals surface area contributed by atoms with Gasteiger partial charge in [-0.05, 0) is 103 Å². The quantitative estimate of drug-likeness (QED) is 0.185. The van der Waals surface area contributed by atoms with Gasteiger partial charge in [0.25, 0.3) is 0 Å². The van der Waals surface area contributed by atoms with Gasteiger partial charge in [0.1, 0.15) is 5.58 Å². The summed E-state index contributed by atoms with van der Waals surface area (Å²) in [6, 6.07) is 46.7. The molecule has 6 aromatic carbocycles. The van der Waals surface area contributed by atoms with Crippen LogP contribution in [0.4, 0.5) is 0 Å². The van der Waals surface area contributed by atoms with E-state index in [2.05, 4.69) is 161 Å². The summed E-state index contributed by atoms with van der Waals surface area (Å²) < 4.78 is 11.5. The van der Waals surface area contributed by atoms with Crippen molar-refractivity contribution in [2.75, 3.05) is 0 Å². The second-order valence-corrected chi connectivity index (χ2v) is 13.9. The number of hydrogen-bond acceptors (Lipinski definition) is 1. The molecule has 51 heavy (non-hydrogen) atoms. The minimum Gasteiger partial charge on any atom is -0.454 e. The number of rotatable bonds is 4. The molecule has 9 aromatic rings. The van der Waals surface area contributed by atoms with Crippen LogP contribution in [-0.4, -0.2) is 9.13 Å². The fourth-order valence-corrected chi connectivity index (χ4v) is 8.68. The normalized spacial score (nSPS) is 14.3. The molecule has 0 spiro atoms. The van der Waals surface area contributed by atoms with Crippen LogP contribution in [0.2, 0.25) is 0 Å². The molecule has 3 heteroatoms. The third-order valence-electron chi connectivity index (χ3n) is 11.0. The van der Waals surface area contributed by atoms with Gasteiger partial charge in [0.05, 0.1) is 22.2 Å². The number of nitrogens with zero attached hydrogens (tertiary/aromatic N) is 2. The Bertz CT molecular complexity index is 2960. The molecule has 0 saturated carbocycles. The predicted molar refractivity (Wildman–Crippen MR) is 214 cm³/mol. The van der Waals surface area contributed by atoms with Crippen LogP contribution in [0.3, 0.4) is 0 Å². The highest BCUT2D eigenvalue weighted by atomic mass is 16.3. The van der Waals surface area contributed by atoms with E-state index in [1.807, 2.05) is 6.07 Å². The minimum atomic E-state index is 0.927. The predicted octanol–water partition coefficient (Wildman–Crippen LogP) is 13.1. The van der Waals surface area contributed by atoms with E-state index in [4.69, 9.17) is 4.42 Å². The number of hydrogen-bond donors (Lipinski definition) is 0. The van der Waals surface area contributed by atoms with Gasteiger partial charge in [0.2, 0.25) is 0 Å². The first-order chi connectivity index (χ1) is 25.3. The van der Waals surface area contributed by atoms with E-state index in [9.17, 15) is 0 Å². The monoisotopic (exact) mass is 654 g/mol. The largest absolute Gasteiger partial charge is 0.454 e. The maximum Gasteiger partial charge on any atom is 0.159 e. The molecule has 3 heterocycles. The summed E-state index contributed by atoms with van der Waals surface area (Å²) in [5.41, 5.74) is 15.6. The number of aromatic nitrogens is 2. The Balaban J connectivity index is 1.12. The Morgan fingerprint density at radius 3 is 1.92 bits per heavy atom. The van der Waals surface area contributed by atoms with Crippen molar-refractivity contribution < 1.29 is 4.42 Å². The van der Waals surface area contributed by atoms with E-state index in [0.717, 1.165) is 53.3 Å². The van der Waals surface area contributed by atoms with Gasteiger partial charge in [0, 0.05) is 43.9 Å². The summed E-state index contributed by atoms with van der Waals surface area (Å²) in [7, 11) is 0. The summed E-state index contributed by atoms with van der Waals surface area (Å²) in [6.07, 6.45) is 15.5. The first kappa shape index (κ1) is 28.5. The molecule has 0 radical (unpaired) electrons. The molecule has 0 amide bonds. The second kappa shape index (κ2) is 11.1. The molecule has 0 saturated heterocycles. The van der Waals surface area contributed by atoms with Crippen LogP contribution < -0.4 is 0 Å². The smallest absolute Gasteiger partial charge is 0.159 e. The summed E-state index contributed by atoms with van der Waals surface area (Å²) >= 11 is 0. The van der Waals surface area contributed by atoms with E-state index in [0.29, 0.717) is 0 Å². The Morgan fingerprint density at radius 1 is 0.490 bits per heavy atom. The molecule has 11 rings (SSSR count). The minimum absolute atomic E-state index is 0.927. The molecule has 3 nitrogen and oxygen atoms in total. The molecular formula is C48H34N2O. The molecule has 0 bridgehead atoms. The highest BCUT2D eigenvalue weighted by molar-refractivity contribution is 6.13. The molecule has 0 aliphatic heterocycles. The fraction of sp³-hybridized carbons (Fsp3) is 0.0833. The Morgan fingerprint density at radius 2 is 1.16 bits per heavy atom. The third-order valence-corrected chi connectivity index (χ3v) is 11.0. The van der Waals surface area contributed by atoms with Crippen molar-refractivity contribution in [3.8, 4) is 27.9 Å². The highest BCUT2D eigenvalue weighted by Gasteiger charge is 2.23. The zero-order valence-corrected chi connectivity index (χ0v) is 28.1. The molecule has 3 aromatic heterocycles. The summed E-state index contributed by atoms with van der Waals surface area (Å²) in [6.45, 7) is 0. The van der Waals surface area contributed by atoms with E-state index in [-0.39, 0.29) is 0 Å². The van der Waals surface area contributed by atoms with Gasteiger partial charge in [-0.2, -0.15) is 0 Å². The molecule has 2 aliphatic carbocycles. The first-order valence-corrected chi connectivity index (χ1v) is 18.0. The van der Waals surface area contributed by atoms with Gasteiger partial charge in [-0.1, -0.05) is 103 Å². The SMILES string of the molecule is C1=CCCC(n2c3ccc(-c4ccccc4)cc3c3cc(-c4ccc5c(c4)c4c(n5-c5cccc6c5oc5ccccc56)CCC=C4)ccc32)=C1. The van der Waals surface area contributed by atoms with Crippen LogP contribution in [-0.2, 0) is 6.42 Å². The molecular weight excluding hydrogens is 621 g/mol. The second-order valence-electron chi connectivity index (χ2n) is 13.9. The van der Waals surface area contributed by atoms with Gasteiger partial charge >= 0.3 is 0 Å². The Kier molecular flexibility index (Phi) is 6.20. The van der Waals surface area contributed by atoms with Crippen LogP contribution >= 0.6 is 0 Å². The van der Waals surface area contributed by atoms with Crippen molar-refractivity contribution in [2.24, 2.45) is 0 Å². The fourth-order valence-electron chi connectivity index (χ4n) is 8.68. The van der Waals surface area contributed by atoms with E-state index in [1.54, 1.807) is 0 Å². The number of fused-ring (bicyclic) bond motifs is 9. The van der Waals surface area contributed by atoms with Gasteiger partial charge < -0.3 is 13.6 Å². The third kappa shape index (κ3) is 4.31. The zero-order valence-electron chi connectivity index (χ0n) is 28.1. The van der Waals surface area contributed by atoms with Crippen LogP contribution in [0.1, 0.15) is 30.5 Å². The molecule has 0 fully saturated rings. The summed E-state index contributed by atoms with van der Waals surface area (Å²) in [5, 5.41) is 6.16. The lowest BCUT2D eigenvalue weighted by molar-refractivity contribution is 0.664. The lowest BCUT2D eigenvalue weighted by atomic mass is 9.97. The first-order valence-electron chi connectivity index (χ1n) is 18.0. The zero-order chi connectivity index (χ0) is 33.5. The molecule has 0 atom stereocenters. The Hall–Kier alpha value is -6.32. The maximum atomic E-state index is 6.55. The van der Waals surface area contributed by atoms with Gasteiger partial charge in [-0.3, -0.25) is 0 Å². The Labute approximate surface area is 295 Å². The lowest BCUT2D eigenvalue weighted by Crippen LogP contribution is -2.03. The van der Waals surface area contributed by atoms with Crippen LogP contribution in [0.25, 0.3) is 94.4 Å². The van der Waals surface area contributed by atoms with Crippen molar-refractivity contribution >= 4 is 66.4 Å². The maximum absolute atomic E-state index is 6.55. The van der Waals surface area contributed by atoms with Crippen molar-refractivity contribution in [1.29, 1.82) is 0 Å². The number of benzene rings is 6. The van der Waals surface area contributed by atoms with Gasteiger partial charge in [-0.25, -0.2) is 0 Å². The molecule has 242 valence electrons. The van der Waals surface area contributed by atoms with Crippen LogP contribution in [0.5, 0.6) is 0 Å². The topological polar surface area (TPSA) is 23.0 Å². The van der Waals surface area contributed by atoms with Crippen molar-refractivity contribution in [3.63, 3.8) is 0 Å². The van der Waals surface area contributed by atoms with Gasteiger partial charge in [-0.15, -0.1) is 0 Å². The van der Waals surface area contributed by atoms with E-state index >= 15 is 0 Å². The van der Waals surface area contributed by atoms with E-state index < -0.39 is 0 Å². The lowest BCUT2D eigenvalue weighted by Gasteiger charge is -2.14. The van der Waals surface area contributed by atoms with Crippen molar-refractivity contribution in [1.82, 2.24) is 9.13 Å². The number of allylic oxidation sites excluding steroid dienone is 5. The van der Waals surface area contributed by atoms with Crippen LogP contribution in [0.15, 0.2) is 156 Å². The van der Waals surface area contributed by atoms with E-state index in [1.165, 1.54) is 71.9 Å². The highest BCUT2D eigenvalue weighted by Crippen LogP contribution is 2.42. The number of para-hydroxylation sites is 2. The average Bonchev–Trinajstić information content (AvgIpc) is 3.85. The van der Waals surface area contributed by atoms with Crippen LogP contribution in [0, 0.1) is 0 Å². The van der Waals surface area contributed by atoms with Crippen molar-refractivity contribution in [2.45, 2.75) is 25.7 Å². The average molecular weight is 655 g/mol. The number of furan rings is 1. The molecule has 0 unspecified atom stereocenters. The standard InChI is InChI=1S/C48H34N2O/c1-3-12-31(13-4-1)32-22-25-43-40(28-32)41-30-34(23-26-44(41)49(43)35-14-5-2-6-15-35)33-24-27-45-39(29-33)36-16-7-9-19-42(36)50(45)46-20-11-18-38-37-17-8-10-21-47(37)51-48(38)46/h1-5,7-8,10-14,16-18,20-30H,6,9,15,19H2. The van der Waals surface area contributed by atoms with Crippen molar-refractivity contribution in [3.05, 3.63) is 163 Å². The summed E-state index contributed by atoms with van der Waals surface area (Å²) in [5.74, 6) is 0. The molecule has 2 aliphatic rings. The van der Waals surface area contributed by atoms with Gasteiger partial charge in [0.15, 0.2) is 5.58 Å². The molecule has 0 N–H and O–H groups in total.